The second-order valence-electron chi connectivity index (χ2n) is 11.3. The fourth-order valence-corrected chi connectivity index (χ4v) is 9.45. The summed E-state index contributed by atoms with van der Waals surface area (Å²) in [4.78, 5) is 3.92. The minimum atomic E-state index is -0.932. The Bertz CT molecular complexity index is 940. The molecule has 0 aromatic rings. The quantitative estimate of drug-likeness (QED) is 0.337. The molecule has 9 atom stereocenters. The number of nitrogens with two attached hydrogens (primary N) is 1. The third-order valence-electron chi connectivity index (χ3n) is 10.2. The fraction of sp³-hybridized carbons (Fsp3) is 0.760. The molecule has 0 radical (unpaired) electrons. The molecule has 8 heteroatoms. The second-order valence-corrected chi connectivity index (χ2v) is 11.9. The third kappa shape index (κ3) is 2.42. The van der Waals surface area contributed by atoms with Gasteiger partial charge in [-0.1, -0.05) is 44.6 Å². The predicted molar refractivity (Wildman–Crippen MR) is 120 cm³/mol. The first-order valence-electron chi connectivity index (χ1n) is 12.0. The number of alkyl halides is 1. The van der Waals surface area contributed by atoms with E-state index >= 15 is 0 Å². The molecule has 3 saturated carbocycles. The number of fused-ring (bicyclic) bond motifs is 7. The van der Waals surface area contributed by atoms with Gasteiger partial charge in [0.15, 0.2) is 13.6 Å². The highest BCUT2D eigenvalue weighted by atomic mass is 35.5. The van der Waals surface area contributed by atoms with Crippen molar-refractivity contribution in [1.82, 2.24) is 0 Å². The van der Waals surface area contributed by atoms with Crippen molar-refractivity contribution >= 4 is 11.6 Å². The van der Waals surface area contributed by atoms with Crippen LogP contribution in [0.15, 0.2) is 35.6 Å². The molecule has 182 valence electrons. The van der Waals surface area contributed by atoms with Crippen LogP contribution in [0.2, 0.25) is 0 Å². The normalized spacial score (nSPS) is 56.2. The first-order chi connectivity index (χ1) is 15.7. The maximum absolute atomic E-state index is 11.9. The number of halogens is 1. The van der Waals surface area contributed by atoms with Crippen molar-refractivity contribution < 1.29 is 28.9 Å². The van der Waals surface area contributed by atoms with Crippen LogP contribution in [0.5, 0.6) is 0 Å². The van der Waals surface area contributed by atoms with Gasteiger partial charge in [0.25, 0.3) is 0 Å². The lowest BCUT2D eigenvalue weighted by Crippen LogP contribution is -2.71. The largest absolute Gasteiger partial charge is 0.419 e. The van der Waals surface area contributed by atoms with Gasteiger partial charge in [-0.25, -0.2) is 0 Å². The van der Waals surface area contributed by atoms with E-state index in [0.29, 0.717) is 13.0 Å². The molecule has 3 N–H and O–H groups in total. The number of hydrogen-bond acceptors (Lipinski definition) is 7. The molecule has 0 amide bonds. The summed E-state index contributed by atoms with van der Waals surface area (Å²) in [7, 11) is 0. The zero-order chi connectivity index (χ0) is 23.3. The number of rotatable bonds is 1. The van der Waals surface area contributed by atoms with Gasteiger partial charge in [0.05, 0.1) is 11.0 Å². The van der Waals surface area contributed by atoms with Gasteiger partial charge in [-0.15, -0.1) is 11.6 Å². The summed E-state index contributed by atoms with van der Waals surface area (Å²) in [5.74, 6) is 4.87. The molecule has 4 aliphatic carbocycles. The summed E-state index contributed by atoms with van der Waals surface area (Å²) in [6.45, 7) is 7.36. The molecule has 2 saturated heterocycles. The highest BCUT2D eigenvalue weighted by Crippen LogP contribution is 2.74. The van der Waals surface area contributed by atoms with Crippen molar-refractivity contribution in [3.05, 3.63) is 35.6 Å². The van der Waals surface area contributed by atoms with Crippen molar-refractivity contribution in [3.63, 3.8) is 0 Å². The lowest BCUT2D eigenvalue weighted by molar-refractivity contribution is -0.264. The van der Waals surface area contributed by atoms with Crippen molar-refractivity contribution in [2.24, 2.45) is 34.5 Å². The summed E-state index contributed by atoms with van der Waals surface area (Å²) in [5.41, 5.74) is 0.596. The van der Waals surface area contributed by atoms with Gasteiger partial charge in [0.1, 0.15) is 18.5 Å². The van der Waals surface area contributed by atoms with Crippen LogP contribution in [0, 0.1) is 28.6 Å². The van der Waals surface area contributed by atoms with Crippen molar-refractivity contribution in [2.75, 3.05) is 20.2 Å². The summed E-state index contributed by atoms with van der Waals surface area (Å²) in [5, 5.41) is 11.9. The van der Waals surface area contributed by atoms with Crippen LogP contribution in [0.4, 0.5) is 0 Å². The Morgan fingerprint density at radius 3 is 2.73 bits per heavy atom. The molecule has 2 aliphatic heterocycles. The SMILES string of the molecule is C[C@@H]1C[C@H]2[C@@H]3CCC4=C/C(=C/ON)C=C[C@]4(C)[C@@]3(Cl)[C@@H](O)C[C@]2(C)[C@]12OCOC21COCO1. The Balaban J connectivity index is 1.44. The van der Waals surface area contributed by atoms with Gasteiger partial charge >= 0.3 is 0 Å². The lowest BCUT2D eigenvalue weighted by Gasteiger charge is -2.64. The third-order valence-corrected chi connectivity index (χ3v) is 11.2. The van der Waals surface area contributed by atoms with Gasteiger partial charge in [0, 0.05) is 16.4 Å². The van der Waals surface area contributed by atoms with Crippen LogP contribution in [-0.2, 0) is 23.8 Å². The highest BCUT2D eigenvalue weighted by molar-refractivity contribution is 6.26. The summed E-state index contributed by atoms with van der Waals surface area (Å²) < 4.78 is 24.4. The van der Waals surface area contributed by atoms with E-state index in [9.17, 15) is 5.11 Å². The van der Waals surface area contributed by atoms with Gasteiger partial charge < -0.3 is 28.9 Å². The van der Waals surface area contributed by atoms with E-state index in [1.54, 1.807) is 0 Å². The molecule has 0 aromatic heterocycles. The molecule has 6 rings (SSSR count). The monoisotopic (exact) mass is 479 g/mol. The summed E-state index contributed by atoms with van der Waals surface area (Å²) in [6, 6.07) is 0. The smallest absolute Gasteiger partial charge is 0.227 e. The molecule has 0 bridgehead atoms. The van der Waals surface area contributed by atoms with Gasteiger partial charge in [0.2, 0.25) is 5.79 Å². The average molecular weight is 480 g/mol. The van der Waals surface area contributed by atoms with E-state index in [2.05, 4.69) is 32.9 Å². The van der Waals surface area contributed by atoms with E-state index in [1.807, 2.05) is 6.08 Å². The molecule has 2 spiro atoms. The van der Waals surface area contributed by atoms with Gasteiger partial charge in [-0.3, -0.25) is 0 Å². The number of ether oxygens (including phenoxy) is 4. The molecule has 33 heavy (non-hydrogen) atoms. The van der Waals surface area contributed by atoms with Crippen LogP contribution >= 0.6 is 11.6 Å². The van der Waals surface area contributed by atoms with Crippen molar-refractivity contribution in [1.29, 1.82) is 0 Å². The van der Waals surface area contributed by atoms with Crippen molar-refractivity contribution in [3.8, 4) is 0 Å². The van der Waals surface area contributed by atoms with Crippen LogP contribution in [-0.4, -0.2) is 47.7 Å². The topological polar surface area (TPSA) is 92.4 Å². The number of aliphatic hydroxyl groups excluding tert-OH is 1. The van der Waals surface area contributed by atoms with E-state index in [-0.39, 0.29) is 36.8 Å². The molecule has 2 heterocycles. The molecule has 6 aliphatic rings. The molecule has 7 nitrogen and oxygen atoms in total. The van der Waals surface area contributed by atoms with E-state index in [1.165, 1.54) is 11.8 Å². The minimum absolute atomic E-state index is 0.112. The van der Waals surface area contributed by atoms with Crippen LogP contribution < -0.4 is 5.90 Å². The first kappa shape index (κ1) is 22.5. The zero-order valence-electron chi connectivity index (χ0n) is 19.5. The Morgan fingerprint density at radius 1 is 1.21 bits per heavy atom. The van der Waals surface area contributed by atoms with E-state index < -0.39 is 27.8 Å². The maximum Gasteiger partial charge on any atom is 0.227 e. The Labute approximate surface area is 199 Å². The summed E-state index contributed by atoms with van der Waals surface area (Å²) >= 11 is 7.64. The van der Waals surface area contributed by atoms with E-state index in [0.717, 1.165) is 24.8 Å². The minimum Gasteiger partial charge on any atom is -0.419 e. The van der Waals surface area contributed by atoms with Crippen LogP contribution in [0.25, 0.3) is 0 Å². The van der Waals surface area contributed by atoms with Gasteiger partial charge in [-0.05, 0) is 43.4 Å². The van der Waals surface area contributed by atoms with Gasteiger partial charge in [-0.2, -0.15) is 5.90 Å². The number of hydrogen-bond donors (Lipinski definition) is 2. The Kier molecular flexibility index (Phi) is 4.82. The molecule has 0 aromatic carbocycles. The number of aliphatic hydroxyl groups is 1. The number of allylic oxidation sites excluding steroid dienone is 5. The zero-order valence-corrected chi connectivity index (χ0v) is 20.3. The molecular weight excluding hydrogens is 446 g/mol. The average Bonchev–Trinajstić information content (AvgIpc) is 3.46. The standard InChI is InChI=1S/C25H34ClNO6/c1-15-8-19-18-5-4-17-9-16(11-33-27)6-7-21(17,2)24(18,26)20(28)10-22(19,3)25(15)23(31-14-32-25)12-29-13-30-23/h6-7,9,11,15,18-20,28H,4-5,8,10,12-14,27H2,1-3H3/b16-11+/t15-,18+,19+,20+,21+,22+,23?,24+,25-/m1/s1. The molecule has 1 unspecified atom stereocenters. The highest BCUT2D eigenvalue weighted by Gasteiger charge is 2.81. The fourth-order valence-electron chi connectivity index (χ4n) is 8.93. The summed E-state index contributed by atoms with van der Waals surface area (Å²) in [6.07, 6.45) is 10.3. The predicted octanol–water partition coefficient (Wildman–Crippen LogP) is 3.52. The molecular formula is C25H34ClNO6. The lowest BCUT2D eigenvalue weighted by atomic mass is 9.45. The van der Waals surface area contributed by atoms with Crippen LogP contribution in [0.1, 0.15) is 46.5 Å². The maximum atomic E-state index is 11.9. The second kappa shape index (κ2) is 7.06. The van der Waals surface area contributed by atoms with E-state index in [4.69, 9.17) is 41.3 Å². The Morgan fingerprint density at radius 2 is 2.00 bits per heavy atom. The first-order valence-corrected chi connectivity index (χ1v) is 12.4. The van der Waals surface area contributed by atoms with Crippen molar-refractivity contribution in [2.45, 2.75) is 68.8 Å². The Hall–Kier alpha value is -0.930. The molecule has 5 fully saturated rings. The van der Waals surface area contributed by atoms with Crippen LogP contribution in [0.3, 0.4) is 0 Å².